The second kappa shape index (κ2) is 8.64. The molecule has 100 valence electrons. The molecule has 1 aromatic heterocycles. The predicted octanol–water partition coefficient (Wildman–Crippen LogP) is 1.38. The number of aromatic nitrogens is 1. The molecular weight excluding hydrogens is 226 g/mol. The van der Waals surface area contributed by atoms with Crippen LogP contribution in [-0.2, 0) is 11.2 Å². The fourth-order valence-electron chi connectivity index (χ4n) is 1.51. The van der Waals surface area contributed by atoms with E-state index in [0.29, 0.717) is 12.3 Å². The van der Waals surface area contributed by atoms with Gasteiger partial charge in [0, 0.05) is 31.9 Å². The van der Waals surface area contributed by atoms with Crippen molar-refractivity contribution < 1.29 is 4.79 Å². The molecule has 1 rings (SSSR count). The summed E-state index contributed by atoms with van der Waals surface area (Å²) in [5, 5.41) is 6.17. The van der Waals surface area contributed by atoms with E-state index >= 15 is 0 Å². The van der Waals surface area contributed by atoms with Crippen molar-refractivity contribution in [3.05, 3.63) is 30.1 Å². The molecule has 0 aliphatic carbocycles. The SMILES string of the molecule is CC(C)CNC(=O)CCNCCc1cccnc1. The number of nitrogens with zero attached hydrogens (tertiary/aromatic N) is 1. The van der Waals surface area contributed by atoms with Crippen LogP contribution in [0.15, 0.2) is 24.5 Å². The van der Waals surface area contributed by atoms with E-state index in [0.717, 1.165) is 26.1 Å². The van der Waals surface area contributed by atoms with Gasteiger partial charge in [-0.1, -0.05) is 19.9 Å². The summed E-state index contributed by atoms with van der Waals surface area (Å²) in [4.78, 5) is 15.5. The smallest absolute Gasteiger partial charge is 0.221 e. The summed E-state index contributed by atoms with van der Waals surface area (Å²) in [5.41, 5.74) is 1.22. The Balaban J connectivity index is 2.00. The van der Waals surface area contributed by atoms with Crippen molar-refractivity contribution in [2.24, 2.45) is 5.92 Å². The molecule has 0 fully saturated rings. The lowest BCUT2D eigenvalue weighted by Crippen LogP contribution is -2.30. The molecular formula is C14H23N3O. The number of rotatable bonds is 8. The summed E-state index contributed by atoms with van der Waals surface area (Å²) < 4.78 is 0. The van der Waals surface area contributed by atoms with E-state index in [9.17, 15) is 4.79 Å². The lowest BCUT2D eigenvalue weighted by Gasteiger charge is -2.08. The van der Waals surface area contributed by atoms with Gasteiger partial charge in [0.2, 0.25) is 5.91 Å². The number of pyridine rings is 1. The summed E-state index contributed by atoms with van der Waals surface area (Å²) in [5.74, 6) is 0.630. The van der Waals surface area contributed by atoms with Gasteiger partial charge in [-0.3, -0.25) is 9.78 Å². The van der Waals surface area contributed by atoms with E-state index in [4.69, 9.17) is 0 Å². The third kappa shape index (κ3) is 7.01. The number of carbonyl (C=O) groups is 1. The molecule has 1 heterocycles. The maximum absolute atomic E-state index is 11.4. The maximum atomic E-state index is 11.4. The Hall–Kier alpha value is -1.42. The molecule has 0 saturated heterocycles. The summed E-state index contributed by atoms with van der Waals surface area (Å²) in [6, 6.07) is 4.00. The van der Waals surface area contributed by atoms with Crippen molar-refractivity contribution in [2.75, 3.05) is 19.6 Å². The van der Waals surface area contributed by atoms with Crippen LogP contribution in [0.1, 0.15) is 25.8 Å². The molecule has 0 unspecified atom stereocenters. The molecule has 0 atom stereocenters. The Morgan fingerprint density at radius 1 is 1.39 bits per heavy atom. The summed E-state index contributed by atoms with van der Waals surface area (Å²) >= 11 is 0. The van der Waals surface area contributed by atoms with Crippen molar-refractivity contribution in [1.29, 1.82) is 0 Å². The first-order valence-electron chi connectivity index (χ1n) is 6.55. The average Bonchev–Trinajstić information content (AvgIpc) is 2.37. The van der Waals surface area contributed by atoms with Crippen LogP contribution in [0.5, 0.6) is 0 Å². The van der Waals surface area contributed by atoms with Crippen molar-refractivity contribution in [2.45, 2.75) is 26.7 Å². The molecule has 4 heteroatoms. The minimum atomic E-state index is 0.123. The van der Waals surface area contributed by atoms with Crippen LogP contribution in [0.4, 0.5) is 0 Å². The Morgan fingerprint density at radius 3 is 2.89 bits per heavy atom. The van der Waals surface area contributed by atoms with Crippen LogP contribution >= 0.6 is 0 Å². The topological polar surface area (TPSA) is 54.0 Å². The number of carbonyl (C=O) groups excluding carboxylic acids is 1. The minimum absolute atomic E-state index is 0.123. The van der Waals surface area contributed by atoms with Gasteiger partial charge >= 0.3 is 0 Å². The van der Waals surface area contributed by atoms with E-state index in [2.05, 4.69) is 35.5 Å². The number of amides is 1. The molecule has 1 amide bonds. The molecule has 0 aliphatic heterocycles. The molecule has 18 heavy (non-hydrogen) atoms. The molecule has 0 aromatic carbocycles. The minimum Gasteiger partial charge on any atom is -0.356 e. The molecule has 0 bridgehead atoms. The van der Waals surface area contributed by atoms with Gasteiger partial charge in [0.25, 0.3) is 0 Å². The first kappa shape index (κ1) is 14.6. The summed E-state index contributed by atoms with van der Waals surface area (Å²) in [6.45, 7) is 6.54. The van der Waals surface area contributed by atoms with E-state index in [-0.39, 0.29) is 5.91 Å². The second-order valence-corrected chi connectivity index (χ2v) is 4.81. The third-order valence-corrected chi connectivity index (χ3v) is 2.55. The Bertz CT molecular complexity index is 338. The number of hydrogen-bond acceptors (Lipinski definition) is 3. The van der Waals surface area contributed by atoms with Crippen LogP contribution in [0, 0.1) is 5.92 Å². The largest absolute Gasteiger partial charge is 0.356 e. The fraction of sp³-hybridized carbons (Fsp3) is 0.571. The molecule has 0 saturated carbocycles. The second-order valence-electron chi connectivity index (χ2n) is 4.81. The molecule has 2 N–H and O–H groups in total. The highest BCUT2D eigenvalue weighted by molar-refractivity contribution is 5.76. The lowest BCUT2D eigenvalue weighted by atomic mass is 10.2. The zero-order valence-corrected chi connectivity index (χ0v) is 11.3. The fourth-order valence-corrected chi connectivity index (χ4v) is 1.51. The monoisotopic (exact) mass is 249 g/mol. The van der Waals surface area contributed by atoms with Crippen molar-refractivity contribution in [3.63, 3.8) is 0 Å². The quantitative estimate of drug-likeness (QED) is 0.684. The van der Waals surface area contributed by atoms with Gasteiger partial charge < -0.3 is 10.6 Å². The van der Waals surface area contributed by atoms with Gasteiger partial charge in [0.15, 0.2) is 0 Å². The third-order valence-electron chi connectivity index (χ3n) is 2.55. The van der Waals surface area contributed by atoms with Crippen LogP contribution in [0.25, 0.3) is 0 Å². The Morgan fingerprint density at radius 2 is 2.22 bits per heavy atom. The van der Waals surface area contributed by atoms with Crippen LogP contribution in [0.3, 0.4) is 0 Å². The van der Waals surface area contributed by atoms with Gasteiger partial charge in [-0.05, 0) is 30.5 Å². The van der Waals surface area contributed by atoms with Crippen molar-refractivity contribution in [1.82, 2.24) is 15.6 Å². The highest BCUT2D eigenvalue weighted by atomic mass is 16.1. The normalized spacial score (nSPS) is 10.6. The molecule has 4 nitrogen and oxygen atoms in total. The average molecular weight is 249 g/mol. The molecule has 0 spiro atoms. The first-order valence-corrected chi connectivity index (χ1v) is 6.55. The number of nitrogens with one attached hydrogen (secondary N) is 2. The standard InChI is InChI=1S/C14H23N3O/c1-12(2)10-17-14(18)6-9-15-8-5-13-4-3-7-16-11-13/h3-4,7,11-12,15H,5-6,8-10H2,1-2H3,(H,17,18). The predicted molar refractivity (Wildman–Crippen MR) is 73.3 cm³/mol. The molecule has 1 aromatic rings. The Labute approximate surface area is 109 Å². The zero-order valence-electron chi connectivity index (χ0n) is 11.3. The molecule has 0 radical (unpaired) electrons. The van der Waals surface area contributed by atoms with Crippen LogP contribution in [0.2, 0.25) is 0 Å². The lowest BCUT2D eigenvalue weighted by molar-refractivity contribution is -0.121. The van der Waals surface area contributed by atoms with Crippen molar-refractivity contribution in [3.8, 4) is 0 Å². The number of hydrogen-bond donors (Lipinski definition) is 2. The van der Waals surface area contributed by atoms with Crippen molar-refractivity contribution >= 4 is 5.91 Å². The maximum Gasteiger partial charge on any atom is 0.221 e. The highest BCUT2D eigenvalue weighted by Crippen LogP contribution is 1.95. The van der Waals surface area contributed by atoms with Gasteiger partial charge in [0.1, 0.15) is 0 Å². The summed E-state index contributed by atoms with van der Waals surface area (Å²) in [6.07, 6.45) is 5.13. The van der Waals surface area contributed by atoms with E-state index in [1.807, 2.05) is 12.3 Å². The van der Waals surface area contributed by atoms with E-state index in [1.165, 1.54) is 5.56 Å². The van der Waals surface area contributed by atoms with Gasteiger partial charge in [-0.2, -0.15) is 0 Å². The summed E-state index contributed by atoms with van der Waals surface area (Å²) in [7, 11) is 0. The van der Waals surface area contributed by atoms with Gasteiger partial charge in [0.05, 0.1) is 0 Å². The van der Waals surface area contributed by atoms with E-state index in [1.54, 1.807) is 6.20 Å². The van der Waals surface area contributed by atoms with Gasteiger partial charge in [-0.25, -0.2) is 0 Å². The molecule has 0 aliphatic rings. The first-order chi connectivity index (χ1) is 8.68. The van der Waals surface area contributed by atoms with Crippen LogP contribution in [-0.4, -0.2) is 30.5 Å². The van der Waals surface area contributed by atoms with E-state index < -0.39 is 0 Å². The highest BCUT2D eigenvalue weighted by Gasteiger charge is 2.01. The zero-order chi connectivity index (χ0) is 13.2. The Kier molecular flexibility index (Phi) is 7.03. The van der Waals surface area contributed by atoms with Gasteiger partial charge in [-0.15, -0.1) is 0 Å². The van der Waals surface area contributed by atoms with Crippen LogP contribution < -0.4 is 10.6 Å².